The highest BCUT2D eigenvalue weighted by Gasteiger charge is 2.23. The topological polar surface area (TPSA) is 15.3 Å². The Kier molecular flexibility index (Phi) is 3.66. The molecular weight excluding hydrogens is 227 g/mol. The third-order valence-electron chi connectivity index (χ3n) is 2.93. The Balaban J connectivity index is 2.08. The van der Waals surface area contributed by atoms with Crippen LogP contribution < -0.4 is 10.2 Å². The zero-order valence-electron chi connectivity index (χ0n) is 9.34. The second-order valence-electron chi connectivity index (χ2n) is 4.09. The Morgan fingerprint density at radius 1 is 1.56 bits per heavy atom. The van der Waals surface area contributed by atoms with Crippen LogP contribution >= 0.6 is 11.6 Å². The maximum absolute atomic E-state index is 13.7. The molecule has 0 radical (unpaired) electrons. The van der Waals surface area contributed by atoms with Gasteiger partial charge in [-0.15, -0.1) is 0 Å². The average molecular weight is 243 g/mol. The lowest BCUT2D eigenvalue weighted by Gasteiger charge is -2.19. The molecule has 2 rings (SSSR count). The SMILES string of the molecule is CCNC1CCN(c2ccc(Cl)cc2F)C1. The van der Waals surface area contributed by atoms with Gasteiger partial charge in [0, 0.05) is 24.2 Å². The third-order valence-corrected chi connectivity index (χ3v) is 3.17. The van der Waals surface area contributed by atoms with Crippen LogP contribution in [0, 0.1) is 5.82 Å². The maximum Gasteiger partial charge on any atom is 0.147 e. The van der Waals surface area contributed by atoms with E-state index < -0.39 is 0 Å². The van der Waals surface area contributed by atoms with Crippen LogP contribution in [0.4, 0.5) is 10.1 Å². The molecule has 0 aromatic heterocycles. The molecule has 0 aliphatic carbocycles. The van der Waals surface area contributed by atoms with Crippen molar-refractivity contribution in [3.05, 3.63) is 29.0 Å². The summed E-state index contributed by atoms with van der Waals surface area (Å²) < 4.78 is 13.7. The predicted octanol–water partition coefficient (Wildman–Crippen LogP) is 2.67. The lowest BCUT2D eigenvalue weighted by Crippen LogP contribution is -2.32. The van der Waals surface area contributed by atoms with Gasteiger partial charge in [-0.1, -0.05) is 18.5 Å². The minimum atomic E-state index is -0.232. The Morgan fingerprint density at radius 2 is 2.38 bits per heavy atom. The largest absolute Gasteiger partial charge is 0.368 e. The predicted molar refractivity (Wildman–Crippen MR) is 65.7 cm³/mol. The van der Waals surface area contributed by atoms with Gasteiger partial charge in [-0.2, -0.15) is 0 Å². The summed E-state index contributed by atoms with van der Waals surface area (Å²) in [6.07, 6.45) is 1.07. The Hall–Kier alpha value is -0.800. The number of nitrogens with zero attached hydrogens (tertiary/aromatic N) is 1. The third kappa shape index (κ3) is 2.47. The molecule has 2 nitrogen and oxygen atoms in total. The monoisotopic (exact) mass is 242 g/mol. The number of benzene rings is 1. The number of hydrogen-bond donors (Lipinski definition) is 1. The molecule has 1 aromatic carbocycles. The van der Waals surface area contributed by atoms with Crippen LogP contribution in [-0.4, -0.2) is 25.7 Å². The van der Waals surface area contributed by atoms with Gasteiger partial charge in [-0.05, 0) is 31.2 Å². The van der Waals surface area contributed by atoms with Crippen molar-refractivity contribution in [2.75, 3.05) is 24.5 Å². The minimum Gasteiger partial charge on any atom is -0.368 e. The van der Waals surface area contributed by atoms with Gasteiger partial charge < -0.3 is 10.2 Å². The van der Waals surface area contributed by atoms with E-state index in [1.165, 1.54) is 6.07 Å². The van der Waals surface area contributed by atoms with Crippen LogP contribution in [0.15, 0.2) is 18.2 Å². The first-order valence-corrected chi connectivity index (χ1v) is 6.02. The molecule has 1 unspecified atom stereocenters. The highest BCUT2D eigenvalue weighted by atomic mass is 35.5. The quantitative estimate of drug-likeness (QED) is 0.877. The molecule has 4 heteroatoms. The van der Waals surface area contributed by atoms with Crippen molar-refractivity contribution in [1.82, 2.24) is 5.32 Å². The van der Waals surface area contributed by atoms with Crippen molar-refractivity contribution in [2.24, 2.45) is 0 Å². The maximum atomic E-state index is 13.7. The molecule has 1 saturated heterocycles. The standard InChI is InChI=1S/C12H16ClFN2/c1-2-15-10-5-6-16(8-10)12-4-3-9(13)7-11(12)14/h3-4,7,10,15H,2,5-6,8H2,1H3. The van der Waals surface area contributed by atoms with E-state index in [1.807, 2.05) is 0 Å². The van der Waals surface area contributed by atoms with Crippen LogP contribution in [0.3, 0.4) is 0 Å². The first-order chi connectivity index (χ1) is 7.70. The molecule has 1 heterocycles. The normalized spacial score (nSPS) is 20.4. The zero-order valence-corrected chi connectivity index (χ0v) is 10.1. The number of anilines is 1. The van der Waals surface area contributed by atoms with Crippen molar-refractivity contribution in [3.8, 4) is 0 Å². The molecule has 88 valence electrons. The van der Waals surface area contributed by atoms with E-state index in [0.29, 0.717) is 16.8 Å². The molecule has 0 spiro atoms. The average Bonchev–Trinajstić information content (AvgIpc) is 2.67. The number of rotatable bonds is 3. The highest BCUT2D eigenvalue weighted by molar-refractivity contribution is 6.30. The Labute approximate surface area is 100 Å². The Morgan fingerprint density at radius 3 is 3.06 bits per heavy atom. The lowest BCUT2D eigenvalue weighted by atomic mass is 10.2. The molecule has 0 saturated carbocycles. The zero-order chi connectivity index (χ0) is 11.5. The second kappa shape index (κ2) is 5.02. The number of halogens is 2. The summed E-state index contributed by atoms with van der Waals surface area (Å²) in [6.45, 7) is 4.82. The van der Waals surface area contributed by atoms with E-state index in [1.54, 1.807) is 12.1 Å². The van der Waals surface area contributed by atoms with Gasteiger partial charge in [0.15, 0.2) is 0 Å². The van der Waals surface area contributed by atoms with Crippen molar-refractivity contribution < 1.29 is 4.39 Å². The Bertz CT molecular complexity index is 370. The molecular formula is C12H16ClFN2. The lowest BCUT2D eigenvalue weighted by molar-refractivity contribution is 0.570. The van der Waals surface area contributed by atoms with Gasteiger partial charge in [0.25, 0.3) is 0 Å². The van der Waals surface area contributed by atoms with Crippen molar-refractivity contribution in [2.45, 2.75) is 19.4 Å². The fraction of sp³-hybridized carbons (Fsp3) is 0.500. The van der Waals surface area contributed by atoms with E-state index in [2.05, 4.69) is 17.1 Å². The molecule has 0 bridgehead atoms. The molecule has 1 atom stereocenters. The van der Waals surface area contributed by atoms with Gasteiger partial charge in [-0.25, -0.2) is 4.39 Å². The smallest absolute Gasteiger partial charge is 0.147 e. The van der Waals surface area contributed by atoms with E-state index in [-0.39, 0.29) is 5.82 Å². The first-order valence-electron chi connectivity index (χ1n) is 5.64. The van der Waals surface area contributed by atoms with Gasteiger partial charge in [0.2, 0.25) is 0 Å². The summed E-state index contributed by atoms with van der Waals surface area (Å²) in [5.41, 5.74) is 0.657. The summed E-state index contributed by atoms with van der Waals surface area (Å²) in [5.74, 6) is -0.232. The second-order valence-corrected chi connectivity index (χ2v) is 4.52. The highest BCUT2D eigenvalue weighted by Crippen LogP contribution is 2.25. The number of likely N-dealkylation sites (N-methyl/N-ethyl adjacent to an activating group) is 1. The van der Waals surface area contributed by atoms with E-state index in [0.717, 1.165) is 26.1 Å². The molecule has 1 aromatic rings. The molecule has 0 amide bonds. The summed E-state index contributed by atoms with van der Waals surface area (Å²) >= 11 is 5.73. The number of nitrogens with one attached hydrogen (secondary N) is 1. The summed E-state index contributed by atoms with van der Waals surface area (Å²) in [7, 11) is 0. The van der Waals surface area contributed by atoms with E-state index in [9.17, 15) is 4.39 Å². The van der Waals surface area contributed by atoms with E-state index >= 15 is 0 Å². The summed E-state index contributed by atoms with van der Waals surface area (Å²) in [4.78, 5) is 2.07. The summed E-state index contributed by atoms with van der Waals surface area (Å²) in [5, 5.41) is 3.83. The molecule has 1 aliphatic rings. The van der Waals surface area contributed by atoms with Crippen LogP contribution in [0.5, 0.6) is 0 Å². The van der Waals surface area contributed by atoms with Gasteiger partial charge in [0.05, 0.1) is 5.69 Å². The number of hydrogen-bond acceptors (Lipinski definition) is 2. The fourth-order valence-corrected chi connectivity index (χ4v) is 2.33. The van der Waals surface area contributed by atoms with Crippen molar-refractivity contribution in [1.29, 1.82) is 0 Å². The first kappa shape index (κ1) is 11.7. The molecule has 1 aliphatic heterocycles. The van der Waals surface area contributed by atoms with Gasteiger partial charge >= 0.3 is 0 Å². The van der Waals surface area contributed by atoms with Crippen molar-refractivity contribution in [3.63, 3.8) is 0 Å². The minimum absolute atomic E-state index is 0.232. The van der Waals surface area contributed by atoms with Crippen molar-refractivity contribution >= 4 is 17.3 Å². The van der Waals surface area contributed by atoms with Crippen LogP contribution in [0.1, 0.15) is 13.3 Å². The fourth-order valence-electron chi connectivity index (χ4n) is 2.17. The van der Waals surface area contributed by atoms with Crippen LogP contribution in [-0.2, 0) is 0 Å². The molecule has 1 fully saturated rings. The van der Waals surface area contributed by atoms with Crippen LogP contribution in [0.25, 0.3) is 0 Å². The van der Waals surface area contributed by atoms with Crippen LogP contribution in [0.2, 0.25) is 5.02 Å². The molecule has 16 heavy (non-hydrogen) atoms. The summed E-state index contributed by atoms with van der Waals surface area (Å²) in [6, 6.07) is 5.34. The molecule has 1 N–H and O–H groups in total. The van der Waals surface area contributed by atoms with Gasteiger partial charge in [0.1, 0.15) is 5.82 Å². The van der Waals surface area contributed by atoms with Gasteiger partial charge in [-0.3, -0.25) is 0 Å². The van der Waals surface area contributed by atoms with E-state index in [4.69, 9.17) is 11.6 Å².